The van der Waals surface area contributed by atoms with Gasteiger partial charge in [-0.25, -0.2) is 8.78 Å². The number of methoxy groups -OCH3 is 2. The van der Waals surface area contributed by atoms with Crippen molar-refractivity contribution >= 4 is 0 Å². The average molecular weight is 506 g/mol. The van der Waals surface area contributed by atoms with E-state index in [0.717, 1.165) is 18.4 Å². The summed E-state index contributed by atoms with van der Waals surface area (Å²) in [5.74, 6) is 1.18. The average Bonchev–Trinajstić information content (AvgIpc) is 3.65. The molecule has 0 aliphatic heterocycles. The molecular weight excluding hydrogens is 476 g/mol. The zero-order chi connectivity index (χ0) is 26.0. The van der Waals surface area contributed by atoms with Crippen LogP contribution in [-0.4, -0.2) is 30.3 Å². The number of para-hydroxylation sites is 1. The summed E-state index contributed by atoms with van der Waals surface area (Å²) in [6.45, 7) is 1.12. The summed E-state index contributed by atoms with van der Waals surface area (Å²) >= 11 is 0. The van der Waals surface area contributed by atoms with E-state index in [2.05, 4.69) is 4.90 Å². The summed E-state index contributed by atoms with van der Waals surface area (Å²) in [6.07, 6.45) is 2.16. The predicted octanol–water partition coefficient (Wildman–Crippen LogP) is 6.02. The summed E-state index contributed by atoms with van der Waals surface area (Å²) in [5.41, 5.74) is -0.377. The Labute approximate surface area is 214 Å². The number of nitrogens with zero attached hydrogens (tertiary/aromatic N) is 1. The van der Waals surface area contributed by atoms with Gasteiger partial charge >= 0.3 is 0 Å². The minimum atomic E-state index is -1.87. The Morgan fingerprint density at radius 1 is 0.865 bits per heavy atom. The molecule has 0 amide bonds. The largest absolute Gasteiger partial charge is 0.493 e. The van der Waals surface area contributed by atoms with E-state index in [1.807, 2.05) is 18.2 Å². The van der Waals surface area contributed by atoms with Gasteiger partial charge in [-0.2, -0.15) is 0 Å². The van der Waals surface area contributed by atoms with Crippen molar-refractivity contribution in [2.45, 2.75) is 37.6 Å². The molecule has 0 atom stereocenters. The van der Waals surface area contributed by atoms with Gasteiger partial charge in [0.25, 0.3) is 0 Å². The number of hydrogen-bond acceptors (Lipinski definition) is 5. The number of aliphatic hydroxyl groups is 1. The van der Waals surface area contributed by atoms with Crippen molar-refractivity contribution in [3.8, 4) is 11.5 Å². The van der Waals surface area contributed by atoms with Gasteiger partial charge in [0.05, 0.1) is 20.8 Å². The minimum absolute atomic E-state index is 0.188. The van der Waals surface area contributed by atoms with Crippen LogP contribution in [0.5, 0.6) is 11.5 Å². The third-order valence-corrected chi connectivity index (χ3v) is 6.78. The molecule has 1 saturated carbocycles. The lowest BCUT2D eigenvalue weighted by Crippen LogP contribution is -2.29. The van der Waals surface area contributed by atoms with Crippen molar-refractivity contribution in [2.75, 3.05) is 14.2 Å². The molecule has 5 rings (SSSR count). The highest BCUT2D eigenvalue weighted by Crippen LogP contribution is 2.39. The molecule has 0 spiro atoms. The van der Waals surface area contributed by atoms with Crippen LogP contribution in [-0.2, 0) is 18.7 Å². The van der Waals surface area contributed by atoms with E-state index in [1.54, 1.807) is 38.5 Å². The van der Waals surface area contributed by atoms with Crippen molar-refractivity contribution in [3.63, 3.8) is 0 Å². The second-order valence-corrected chi connectivity index (χ2v) is 9.29. The number of furan rings is 1. The first-order valence-corrected chi connectivity index (χ1v) is 12.2. The highest BCUT2D eigenvalue weighted by Gasteiger charge is 2.38. The second-order valence-electron chi connectivity index (χ2n) is 9.29. The molecule has 0 radical (unpaired) electrons. The molecule has 1 aromatic heterocycles. The predicted molar refractivity (Wildman–Crippen MR) is 135 cm³/mol. The zero-order valence-electron chi connectivity index (χ0n) is 20.8. The molecule has 1 fully saturated rings. The first-order chi connectivity index (χ1) is 17.9. The van der Waals surface area contributed by atoms with Crippen LogP contribution in [0.1, 0.15) is 41.1 Å². The van der Waals surface area contributed by atoms with Crippen molar-refractivity contribution in [3.05, 3.63) is 119 Å². The molecular formula is C30H29F2NO4. The Balaban J connectivity index is 1.47. The molecule has 5 nitrogen and oxygen atoms in total. The standard InChI is InChI=1S/C30H29F2NO4/c1-35-27-11-3-6-20(29(27)36-2)18-33(25-12-13-25)19-26-14-15-28(37-26)30(34,21-7-4-9-23(31)16-21)22-8-5-10-24(32)17-22/h3-11,14-17,25,34H,12-13,18-19H2,1-2H3. The third kappa shape index (κ3) is 5.10. The first kappa shape index (κ1) is 25.0. The SMILES string of the molecule is COc1cccc(CN(Cc2ccc(C(O)(c3cccc(F)c3)c3cccc(F)c3)o2)C2CC2)c1OC. The summed E-state index contributed by atoms with van der Waals surface area (Å²) in [5, 5.41) is 11.9. The Kier molecular flexibility index (Phi) is 7.00. The first-order valence-electron chi connectivity index (χ1n) is 12.2. The Morgan fingerprint density at radius 3 is 2.08 bits per heavy atom. The molecule has 0 unspecified atom stereocenters. The lowest BCUT2D eigenvalue weighted by Gasteiger charge is -2.28. The third-order valence-electron chi connectivity index (χ3n) is 6.78. The molecule has 1 aliphatic carbocycles. The van der Waals surface area contributed by atoms with Gasteiger partial charge in [-0.15, -0.1) is 0 Å². The molecule has 4 aromatic rings. The van der Waals surface area contributed by atoms with E-state index in [4.69, 9.17) is 13.9 Å². The lowest BCUT2D eigenvalue weighted by atomic mass is 9.84. The second kappa shape index (κ2) is 10.4. The summed E-state index contributed by atoms with van der Waals surface area (Å²) in [4.78, 5) is 2.29. The fourth-order valence-corrected chi connectivity index (χ4v) is 4.79. The van der Waals surface area contributed by atoms with Gasteiger partial charge < -0.3 is 19.0 Å². The van der Waals surface area contributed by atoms with Crippen LogP contribution in [0.25, 0.3) is 0 Å². The summed E-state index contributed by atoms with van der Waals surface area (Å²) in [7, 11) is 3.24. The quantitative estimate of drug-likeness (QED) is 0.286. The molecule has 37 heavy (non-hydrogen) atoms. The van der Waals surface area contributed by atoms with Crippen LogP contribution in [0.15, 0.2) is 83.3 Å². The summed E-state index contributed by atoms with van der Waals surface area (Å²) < 4.78 is 45.6. The van der Waals surface area contributed by atoms with Crippen LogP contribution in [0.2, 0.25) is 0 Å². The Hall–Kier alpha value is -3.68. The van der Waals surface area contributed by atoms with Gasteiger partial charge in [-0.05, 0) is 66.4 Å². The zero-order valence-corrected chi connectivity index (χ0v) is 20.8. The number of halogens is 2. The topological polar surface area (TPSA) is 55.1 Å². The van der Waals surface area contributed by atoms with Crippen LogP contribution in [0.3, 0.4) is 0 Å². The molecule has 0 saturated heterocycles. The van der Waals surface area contributed by atoms with Crippen molar-refractivity contribution in [2.24, 2.45) is 0 Å². The monoisotopic (exact) mass is 505 g/mol. The molecule has 0 bridgehead atoms. The normalized spacial score (nSPS) is 13.7. The van der Waals surface area contributed by atoms with Gasteiger partial charge in [0.2, 0.25) is 0 Å². The highest BCUT2D eigenvalue weighted by atomic mass is 19.1. The maximum Gasteiger partial charge on any atom is 0.173 e. The van der Waals surface area contributed by atoms with E-state index < -0.39 is 17.2 Å². The van der Waals surface area contributed by atoms with Gasteiger partial charge in [-0.3, -0.25) is 4.90 Å². The van der Waals surface area contributed by atoms with E-state index >= 15 is 0 Å². The molecule has 3 aromatic carbocycles. The Morgan fingerprint density at radius 2 is 1.51 bits per heavy atom. The van der Waals surface area contributed by atoms with Crippen LogP contribution < -0.4 is 9.47 Å². The van der Waals surface area contributed by atoms with Crippen molar-refractivity contribution < 1.29 is 27.8 Å². The fourth-order valence-electron chi connectivity index (χ4n) is 4.79. The van der Waals surface area contributed by atoms with Crippen molar-refractivity contribution in [1.29, 1.82) is 0 Å². The van der Waals surface area contributed by atoms with E-state index in [9.17, 15) is 13.9 Å². The fraction of sp³-hybridized carbons (Fsp3) is 0.267. The lowest BCUT2D eigenvalue weighted by molar-refractivity contribution is 0.0943. The number of hydrogen-bond donors (Lipinski definition) is 1. The number of benzene rings is 3. The van der Waals surface area contributed by atoms with Gasteiger partial charge in [0, 0.05) is 18.2 Å². The van der Waals surface area contributed by atoms with Crippen LogP contribution in [0, 0.1) is 11.6 Å². The van der Waals surface area contributed by atoms with E-state index in [-0.39, 0.29) is 16.9 Å². The van der Waals surface area contributed by atoms with Crippen molar-refractivity contribution in [1.82, 2.24) is 4.90 Å². The molecule has 192 valence electrons. The molecule has 1 N–H and O–H groups in total. The molecule has 7 heteroatoms. The van der Waals surface area contributed by atoms with E-state index in [1.165, 1.54) is 36.4 Å². The van der Waals surface area contributed by atoms with Gasteiger partial charge in [0.1, 0.15) is 23.2 Å². The summed E-state index contributed by atoms with van der Waals surface area (Å²) in [6, 6.07) is 21.0. The van der Waals surface area contributed by atoms with Crippen LogP contribution >= 0.6 is 0 Å². The highest BCUT2D eigenvalue weighted by molar-refractivity contribution is 5.47. The van der Waals surface area contributed by atoms with Gasteiger partial charge in [-0.1, -0.05) is 36.4 Å². The van der Waals surface area contributed by atoms with Crippen LogP contribution in [0.4, 0.5) is 8.78 Å². The molecule has 1 heterocycles. The molecule has 1 aliphatic rings. The number of rotatable bonds is 10. The van der Waals surface area contributed by atoms with E-state index in [0.29, 0.717) is 36.4 Å². The maximum atomic E-state index is 14.2. The minimum Gasteiger partial charge on any atom is -0.493 e. The Bertz CT molecular complexity index is 1340. The maximum absolute atomic E-state index is 14.2. The van der Waals surface area contributed by atoms with Gasteiger partial charge in [0.15, 0.2) is 17.1 Å². The smallest absolute Gasteiger partial charge is 0.173 e. The number of ether oxygens (including phenoxy) is 2.